The number of nitrogens with zero attached hydrogens (tertiary/aromatic N) is 1. The third kappa shape index (κ3) is 4.96. The normalized spacial score (nSPS) is 11.5. The molecule has 2 heterocycles. The first-order chi connectivity index (χ1) is 16.0. The highest BCUT2D eigenvalue weighted by atomic mass is 16.3. The van der Waals surface area contributed by atoms with E-state index in [0.717, 1.165) is 5.56 Å². The fourth-order valence-electron chi connectivity index (χ4n) is 3.25. The standard InChI is InChI=1S/C23H19N5O5/c29-20-16-10-5-4-9-15(16)19(25-26-20)23(32)28-27-21(30)17(13-14-7-2-1-3-8-14)24-22(31)18-11-6-12-33-18/h1-12,17H,13H2,(H,24,31)(H,26,29)(H,27,30)(H,28,32)/t17-/m0/s1. The van der Waals surface area contributed by atoms with Crippen LogP contribution in [-0.4, -0.2) is 34.0 Å². The molecule has 0 radical (unpaired) electrons. The van der Waals surface area contributed by atoms with Crippen molar-refractivity contribution >= 4 is 28.5 Å². The minimum atomic E-state index is -1.01. The summed E-state index contributed by atoms with van der Waals surface area (Å²) in [5.41, 5.74) is 4.90. The highest BCUT2D eigenvalue weighted by Crippen LogP contribution is 2.12. The quantitative estimate of drug-likeness (QED) is 0.329. The first kappa shape index (κ1) is 21.5. The van der Waals surface area contributed by atoms with Gasteiger partial charge >= 0.3 is 0 Å². The van der Waals surface area contributed by atoms with Crippen LogP contribution in [0.25, 0.3) is 10.8 Å². The van der Waals surface area contributed by atoms with Gasteiger partial charge in [-0.15, -0.1) is 0 Å². The zero-order chi connectivity index (χ0) is 23.2. The molecule has 4 N–H and O–H groups in total. The Kier molecular flexibility index (Phi) is 6.26. The van der Waals surface area contributed by atoms with Crippen LogP contribution in [0.2, 0.25) is 0 Å². The molecule has 10 nitrogen and oxygen atoms in total. The van der Waals surface area contributed by atoms with Crippen molar-refractivity contribution in [2.45, 2.75) is 12.5 Å². The molecule has 0 saturated heterocycles. The highest BCUT2D eigenvalue weighted by Gasteiger charge is 2.24. The second-order valence-electron chi connectivity index (χ2n) is 7.08. The Morgan fingerprint density at radius 3 is 2.33 bits per heavy atom. The van der Waals surface area contributed by atoms with Crippen LogP contribution in [0.15, 0.2) is 82.2 Å². The van der Waals surface area contributed by atoms with Crippen LogP contribution in [0.4, 0.5) is 0 Å². The number of carbonyl (C=O) groups is 3. The van der Waals surface area contributed by atoms with Crippen molar-refractivity contribution in [1.82, 2.24) is 26.4 Å². The van der Waals surface area contributed by atoms with Gasteiger partial charge in [0.1, 0.15) is 6.04 Å². The van der Waals surface area contributed by atoms with E-state index in [0.29, 0.717) is 5.39 Å². The third-order valence-electron chi connectivity index (χ3n) is 4.86. The van der Waals surface area contributed by atoms with Crippen molar-refractivity contribution in [3.8, 4) is 0 Å². The van der Waals surface area contributed by atoms with E-state index >= 15 is 0 Å². The van der Waals surface area contributed by atoms with Crippen molar-refractivity contribution in [2.75, 3.05) is 0 Å². The second kappa shape index (κ2) is 9.60. The Hall–Kier alpha value is -4.73. The maximum absolute atomic E-state index is 12.9. The van der Waals surface area contributed by atoms with E-state index in [-0.39, 0.29) is 23.3 Å². The van der Waals surface area contributed by atoms with Crippen molar-refractivity contribution < 1.29 is 18.8 Å². The summed E-state index contributed by atoms with van der Waals surface area (Å²) in [5, 5.41) is 9.29. The first-order valence-corrected chi connectivity index (χ1v) is 9.99. The van der Waals surface area contributed by atoms with Gasteiger partial charge in [0.25, 0.3) is 23.3 Å². The molecule has 0 aliphatic rings. The van der Waals surface area contributed by atoms with Gasteiger partial charge in [0, 0.05) is 11.8 Å². The van der Waals surface area contributed by atoms with Gasteiger partial charge in [-0.3, -0.25) is 30.0 Å². The average Bonchev–Trinajstić information content (AvgIpc) is 3.38. The zero-order valence-corrected chi connectivity index (χ0v) is 17.2. The van der Waals surface area contributed by atoms with Gasteiger partial charge in [0.15, 0.2) is 11.5 Å². The summed E-state index contributed by atoms with van der Waals surface area (Å²) in [5.74, 6) is -1.91. The average molecular weight is 445 g/mol. The number of H-pyrrole nitrogens is 1. The van der Waals surface area contributed by atoms with E-state index in [4.69, 9.17) is 4.42 Å². The van der Waals surface area contributed by atoms with Crippen molar-refractivity contribution in [3.63, 3.8) is 0 Å². The molecule has 0 spiro atoms. The number of aromatic amines is 1. The number of amides is 3. The Bertz CT molecular complexity index is 1350. The lowest BCUT2D eigenvalue weighted by molar-refractivity contribution is -0.123. The van der Waals surface area contributed by atoms with E-state index < -0.39 is 29.3 Å². The third-order valence-corrected chi connectivity index (χ3v) is 4.86. The van der Waals surface area contributed by atoms with E-state index in [1.54, 1.807) is 30.3 Å². The van der Waals surface area contributed by atoms with Crippen LogP contribution in [0, 0.1) is 0 Å². The SMILES string of the molecule is O=C(N[C@@H](Cc1ccccc1)C(=O)NNC(=O)c1n[nH]c(=O)c2ccccc12)c1ccco1. The molecule has 0 saturated carbocycles. The Morgan fingerprint density at radius 2 is 1.61 bits per heavy atom. The lowest BCUT2D eigenvalue weighted by atomic mass is 10.1. The largest absolute Gasteiger partial charge is 0.459 e. The number of furan rings is 1. The monoisotopic (exact) mass is 445 g/mol. The maximum atomic E-state index is 12.9. The summed E-state index contributed by atoms with van der Waals surface area (Å²) < 4.78 is 5.08. The number of nitrogens with one attached hydrogen (secondary N) is 4. The number of hydrazine groups is 1. The number of hydrogen-bond acceptors (Lipinski definition) is 6. The fourth-order valence-corrected chi connectivity index (χ4v) is 3.25. The van der Waals surface area contributed by atoms with Gasteiger partial charge in [-0.25, -0.2) is 5.10 Å². The zero-order valence-electron chi connectivity index (χ0n) is 17.2. The molecule has 166 valence electrons. The molecule has 10 heteroatoms. The highest BCUT2D eigenvalue weighted by molar-refractivity contribution is 6.05. The van der Waals surface area contributed by atoms with Gasteiger partial charge < -0.3 is 9.73 Å². The molecular weight excluding hydrogens is 426 g/mol. The molecule has 0 unspecified atom stereocenters. The van der Waals surface area contributed by atoms with Crippen molar-refractivity contribution in [1.29, 1.82) is 0 Å². The van der Waals surface area contributed by atoms with E-state index in [1.807, 2.05) is 30.3 Å². The van der Waals surface area contributed by atoms with E-state index in [1.165, 1.54) is 12.3 Å². The number of aromatic nitrogens is 2. The van der Waals surface area contributed by atoms with Crippen LogP contribution in [0.1, 0.15) is 26.6 Å². The molecule has 0 aliphatic carbocycles. The molecular formula is C23H19N5O5. The maximum Gasteiger partial charge on any atom is 0.290 e. The molecule has 3 amide bonds. The van der Waals surface area contributed by atoms with E-state index in [2.05, 4.69) is 26.4 Å². The molecule has 0 aliphatic heterocycles. The predicted molar refractivity (Wildman–Crippen MR) is 118 cm³/mol. The summed E-state index contributed by atoms with van der Waals surface area (Å²) in [6.45, 7) is 0. The first-order valence-electron chi connectivity index (χ1n) is 9.99. The molecule has 0 fully saturated rings. The fraction of sp³-hybridized carbons (Fsp3) is 0.0870. The van der Waals surface area contributed by atoms with Crippen molar-refractivity contribution in [2.24, 2.45) is 0 Å². The minimum absolute atomic E-state index is 0.0498. The molecule has 4 aromatic rings. The smallest absolute Gasteiger partial charge is 0.290 e. The lowest BCUT2D eigenvalue weighted by Crippen LogP contribution is -2.53. The minimum Gasteiger partial charge on any atom is -0.459 e. The van der Waals surface area contributed by atoms with Gasteiger partial charge in [-0.2, -0.15) is 5.10 Å². The Balaban J connectivity index is 1.49. The van der Waals surface area contributed by atoms with Crippen LogP contribution in [-0.2, 0) is 11.2 Å². The second-order valence-corrected chi connectivity index (χ2v) is 7.08. The topological polar surface area (TPSA) is 146 Å². The summed E-state index contributed by atoms with van der Waals surface area (Å²) in [6.07, 6.45) is 1.53. The Labute approximate surface area is 187 Å². The number of fused-ring (bicyclic) bond motifs is 1. The van der Waals surface area contributed by atoms with Gasteiger partial charge in [0.2, 0.25) is 0 Å². The number of carbonyl (C=O) groups excluding carboxylic acids is 3. The summed E-state index contributed by atoms with van der Waals surface area (Å²) >= 11 is 0. The van der Waals surface area contributed by atoms with Crippen LogP contribution in [0.5, 0.6) is 0 Å². The molecule has 0 bridgehead atoms. The Morgan fingerprint density at radius 1 is 0.879 bits per heavy atom. The summed E-state index contributed by atoms with van der Waals surface area (Å²) in [6, 6.07) is 17.6. The molecule has 1 atom stereocenters. The van der Waals surface area contributed by atoms with Gasteiger partial charge in [-0.1, -0.05) is 48.5 Å². The summed E-state index contributed by atoms with van der Waals surface area (Å²) in [7, 11) is 0. The van der Waals surface area contributed by atoms with Gasteiger partial charge in [0.05, 0.1) is 11.6 Å². The number of rotatable bonds is 6. The van der Waals surface area contributed by atoms with Crippen molar-refractivity contribution in [3.05, 3.63) is 100 Å². The molecule has 4 rings (SSSR count). The van der Waals surface area contributed by atoms with E-state index in [9.17, 15) is 19.2 Å². The van der Waals surface area contributed by atoms with Crippen LogP contribution in [0.3, 0.4) is 0 Å². The lowest BCUT2D eigenvalue weighted by Gasteiger charge is -2.18. The molecule has 2 aromatic heterocycles. The van der Waals surface area contributed by atoms with Crippen LogP contribution >= 0.6 is 0 Å². The molecule has 33 heavy (non-hydrogen) atoms. The molecule has 2 aromatic carbocycles. The summed E-state index contributed by atoms with van der Waals surface area (Å²) in [4.78, 5) is 49.9. The van der Waals surface area contributed by atoms with Crippen LogP contribution < -0.4 is 21.7 Å². The van der Waals surface area contributed by atoms with Gasteiger partial charge in [-0.05, 0) is 23.8 Å². The number of benzene rings is 2. The number of hydrogen-bond donors (Lipinski definition) is 4. The predicted octanol–water partition coefficient (Wildman–Crippen LogP) is 1.32.